The Bertz CT molecular complexity index is 859. The molecule has 0 atom stereocenters. The van der Waals surface area contributed by atoms with Crippen LogP contribution in [0.5, 0.6) is 0 Å². The van der Waals surface area contributed by atoms with Gasteiger partial charge in [-0.05, 0) is 48.9 Å². The fourth-order valence-electron chi connectivity index (χ4n) is 2.46. The van der Waals surface area contributed by atoms with Crippen LogP contribution in [0.25, 0.3) is 11.0 Å². The summed E-state index contributed by atoms with van der Waals surface area (Å²) in [5, 5.41) is 1.37. The second-order valence-corrected chi connectivity index (χ2v) is 5.68. The molecule has 118 valence electrons. The highest BCUT2D eigenvalue weighted by Gasteiger charge is 2.19. The minimum absolute atomic E-state index is 0.232. The van der Waals surface area contributed by atoms with Gasteiger partial charge in [-0.15, -0.1) is 0 Å². The molecular weight excluding hydrogens is 317 g/mol. The Balaban J connectivity index is 1.86. The number of rotatable bonds is 4. The molecule has 2 aromatic carbocycles. The van der Waals surface area contributed by atoms with Gasteiger partial charge in [-0.1, -0.05) is 23.7 Å². The minimum Gasteiger partial charge on any atom is -0.451 e. The Morgan fingerprint density at radius 2 is 2.04 bits per heavy atom. The largest absolute Gasteiger partial charge is 0.451 e. The average molecular weight is 332 g/mol. The van der Waals surface area contributed by atoms with Crippen molar-refractivity contribution in [3.8, 4) is 0 Å². The minimum atomic E-state index is -0.315. The second kappa shape index (κ2) is 6.42. The standard InChI is InChI=1S/C18H15ClFNO2/c1-2-21(11-12-4-3-5-15(20)8-12)18(22)17-10-13-9-14(19)6-7-16(13)23-17/h3-10H,2,11H2,1H3. The van der Waals surface area contributed by atoms with E-state index in [4.69, 9.17) is 16.0 Å². The van der Waals surface area contributed by atoms with E-state index in [0.29, 0.717) is 23.7 Å². The van der Waals surface area contributed by atoms with Crippen LogP contribution in [0.2, 0.25) is 5.02 Å². The molecule has 0 spiro atoms. The lowest BCUT2D eigenvalue weighted by Crippen LogP contribution is -2.30. The molecule has 0 bridgehead atoms. The molecule has 23 heavy (non-hydrogen) atoms. The number of benzene rings is 2. The van der Waals surface area contributed by atoms with Crippen LogP contribution in [0.15, 0.2) is 52.9 Å². The van der Waals surface area contributed by atoms with E-state index < -0.39 is 0 Å². The van der Waals surface area contributed by atoms with Gasteiger partial charge in [0.05, 0.1) is 0 Å². The SMILES string of the molecule is CCN(Cc1cccc(F)c1)C(=O)c1cc2cc(Cl)ccc2o1. The van der Waals surface area contributed by atoms with Crippen molar-refractivity contribution < 1.29 is 13.6 Å². The summed E-state index contributed by atoms with van der Waals surface area (Å²) < 4.78 is 18.9. The van der Waals surface area contributed by atoms with E-state index >= 15 is 0 Å². The maximum absolute atomic E-state index is 13.3. The molecule has 0 fully saturated rings. The number of furan rings is 1. The fraction of sp³-hybridized carbons (Fsp3) is 0.167. The summed E-state index contributed by atoms with van der Waals surface area (Å²) in [4.78, 5) is 14.2. The summed E-state index contributed by atoms with van der Waals surface area (Å²) in [5.41, 5.74) is 1.35. The van der Waals surface area contributed by atoms with E-state index in [2.05, 4.69) is 0 Å². The van der Waals surface area contributed by atoms with E-state index in [1.807, 2.05) is 6.92 Å². The zero-order chi connectivity index (χ0) is 16.4. The Hall–Kier alpha value is -2.33. The second-order valence-electron chi connectivity index (χ2n) is 5.24. The van der Waals surface area contributed by atoms with Crippen LogP contribution in [0, 0.1) is 5.82 Å². The van der Waals surface area contributed by atoms with Gasteiger partial charge in [-0.3, -0.25) is 4.79 Å². The highest BCUT2D eigenvalue weighted by Crippen LogP contribution is 2.24. The number of amides is 1. The Morgan fingerprint density at radius 3 is 2.78 bits per heavy atom. The van der Waals surface area contributed by atoms with Gasteiger partial charge in [0.2, 0.25) is 0 Å². The molecule has 3 aromatic rings. The van der Waals surface area contributed by atoms with Gasteiger partial charge >= 0.3 is 0 Å². The normalized spacial score (nSPS) is 10.9. The highest BCUT2D eigenvalue weighted by molar-refractivity contribution is 6.31. The summed E-state index contributed by atoms with van der Waals surface area (Å²) in [6.07, 6.45) is 0. The van der Waals surface area contributed by atoms with Crippen LogP contribution in [-0.2, 0) is 6.54 Å². The van der Waals surface area contributed by atoms with Gasteiger partial charge in [0.1, 0.15) is 11.4 Å². The summed E-state index contributed by atoms with van der Waals surface area (Å²) in [7, 11) is 0. The Kier molecular flexibility index (Phi) is 4.35. The third-order valence-electron chi connectivity index (χ3n) is 3.62. The lowest BCUT2D eigenvalue weighted by Gasteiger charge is -2.19. The van der Waals surface area contributed by atoms with Crippen molar-refractivity contribution in [1.82, 2.24) is 4.90 Å². The summed E-state index contributed by atoms with van der Waals surface area (Å²) in [5.74, 6) is -0.297. The van der Waals surface area contributed by atoms with Crippen molar-refractivity contribution in [2.24, 2.45) is 0 Å². The van der Waals surface area contributed by atoms with E-state index in [1.165, 1.54) is 12.1 Å². The molecular formula is C18H15ClFNO2. The molecule has 0 N–H and O–H groups in total. The topological polar surface area (TPSA) is 33.5 Å². The third-order valence-corrected chi connectivity index (χ3v) is 3.86. The van der Waals surface area contributed by atoms with Crippen molar-refractivity contribution in [1.29, 1.82) is 0 Å². The number of carbonyl (C=O) groups excluding carboxylic acids is 1. The molecule has 1 heterocycles. The zero-order valence-corrected chi connectivity index (χ0v) is 13.3. The molecule has 0 aliphatic rings. The zero-order valence-electron chi connectivity index (χ0n) is 12.6. The maximum atomic E-state index is 13.3. The fourth-order valence-corrected chi connectivity index (χ4v) is 2.64. The van der Waals surface area contributed by atoms with Crippen LogP contribution in [0.3, 0.4) is 0 Å². The maximum Gasteiger partial charge on any atom is 0.289 e. The third kappa shape index (κ3) is 3.37. The van der Waals surface area contributed by atoms with Crippen LogP contribution >= 0.6 is 11.6 Å². The number of fused-ring (bicyclic) bond motifs is 1. The lowest BCUT2D eigenvalue weighted by atomic mass is 10.2. The van der Waals surface area contributed by atoms with E-state index in [9.17, 15) is 9.18 Å². The van der Waals surface area contributed by atoms with Gasteiger partial charge in [0, 0.05) is 23.5 Å². The number of hydrogen-bond acceptors (Lipinski definition) is 2. The van der Waals surface area contributed by atoms with Crippen LogP contribution < -0.4 is 0 Å². The van der Waals surface area contributed by atoms with Gasteiger partial charge in [-0.25, -0.2) is 4.39 Å². The molecule has 3 nitrogen and oxygen atoms in total. The van der Waals surface area contributed by atoms with Gasteiger partial charge in [-0.2, -0.15) is 0 Å². The van der Waals surface area contributed by atoms with Gasteiger partial charge in [0.25, 0.3) is 5.91 Å². The Morgan fingerprint density at radius 1 is 1.22 bits per heavy atom. The van der Waals surface area contributed by atoms with Crippen LogP contribution in [0.4, 0.5) is 4.39 Å². The van der Waals surface area contributed by atoms with Crippen molar-refractivity contribution in [2.75, 3.05) is 6.54 Å². The first-order valence-electron chi connectivity index (χ1n) is 7.29. The quantitative estimate of drug-likeness (QED) is 0.682. The van der Waals surface area contributed by atoms with Crippen molar-refractivity contribution in [2.45, 2.75) is 13.5 Å². The molecule has 1 amide bonds. The summed E-state index contributed by atoms with van der Waals surface area (Å²) in [6, 6.07) is 13.1. The van der Waals surface area contributed by atoms with Gasteiger partial charge < -0.3 is 9.32 Å². The molecule has 1 aromatic heterocycles. The van der Waals surface area contributed by atoms with E-state index in [0.717, 1.165) is 10.9 Å². The first kappa shape index (κ1) is 15.6. The predicted molar refractivity (Wildman–Crippen MR) is 88.0 cm³/mol. The highest BCUT2D eigenvalue weighted by atomic mass is 35.5. The first-order chi connectivity index (χ1) is 11.1. The molecule has 0 unspecified atom stereocenters. The summed E-state index contributed by atoms with van der Waals surface area (Å²) >= 11 is 5.95. The van der Waals surface area contributed by atoms with Gasteiger partial charge in [0.15, 0.2) is 5.76 Å². The van der Waals surface area contributed by atoms with Crippen molar-refractivity contribution >= 4 is 28.5 Å². The molecule has 0 saturated carbocycles. The smallest absolute Gasteiger partial charge is 0.289 e. The number of halogens is 2. The molecule has 0 saturated heterocycles. The first-order valence-corrected chi connectivity index (χ1v) is 7.67. The number of carbonyl (C=O) groups is 1. The monoisotopic (exact) mass is 331 g/mol. The molecule has 0 aliphatic heterocycles. The van der Waals surface area contributed by atoms with E-state index in [1.54, 1.807) is 41.3 Å². The van der Waals surface area contributed by atoms with Crippen LogP contribution in [-0.4, -0.2) is 17.4 Å². The lowest BCUT2D eigenvalue weighted by molar-refractivity contribution is 0.0722. The predicted octanol–water partition coefficient (Wildman–Crippen LogP) is 4.89. The Labute approximate surface area is 138 Å². The van der Waals surface area contributed by atoms with Crippen molar-refractivity contribution in [3.05, 3.63) is 70.7 Å². The number of nitrogens with zero attached hydrogens (tertiary/aromatic N) is 1. The average Bonchev–Trinajstić information content (AvgIpc) is 2.95. The van der Waals surface area contributed by atoms with Crippen molar-refractivity contribution in [3.63, 3.8) is 0 Å². The van der Waals surface area contributed by atoms with Crippen LogP contribution in [0.1, 0.15) is 23.0 Å². The summed E-state index contributed by atoms with van der Waals surface area (Å²) in [6.45, 7) is 2.69. The van der Waals surface area contributed by atoms with E-state index in [-0.39, 0.29) is 17.5 Å². The number of hydrogen-bond donors (Lipinski definition) is 0. The molecule has 0 aliphatic carbocycles. The molecule has 5 heteroatoms. The molecule has 0 radical (unpaired) electrons. The molecule has 3 rings (SSSR count).